The van der Waals surface area contributed by atoms with Gasteiger partial charge in [-0.1, -0.05) is 149 Å². The maximum Gasteiger partial charge on any atom is 0.407 e. The first kappa shape index (κ1) is 47.2. The number of rotatable bonds is 25. The number of hydrogen-bond donors (Lipinski definition) is 2. The molecule has 0 aromatic heterocycles. The fourth-order valence-electron chi connectivity index (χ4n) is 7.19. The lowest BCUT2D eigenvalue weighted by Crippen LogP contribution is -2.48. The van der Waals surface area contributed by atoms with Gasteiger partial charge in [0.2, 0.25) is 5.91 Å². The van der Waals surface area contributed by atoms with Gasteiger partial charge in [-0.15, -0.1) is 0 Å². The van der Waals surface area contributed by atoms with Gasteiger partial charge in [0.1, 0.15) is 31.0 Å². The minimum absolute atomic E-state index is 0.0109. The van der Waals surface area contributed by atoms with Crippen LogP contribution in [0, 0.1) is 0 Å². The summed E-state index contributed by atoms with van der Waals surface area (Å²) in [6.45, 7) is 7.55. The lowest BCUT2D eigenvalue weighted by molar-refractivity contribution is -0.157. The van der Waals surface area contributed by atoms with Crippen LogP contribution >= 0.6 is 0 Å². The Morgan fingerprint density at radius 2 is 1.28 bits per heavy atom. The van der Waals surface area contributed by atoms with Crippen molar-refractivity contribution in [1.29, 1.82) is 0 Å². The molecular formula is C49H64N2O9. The molecule has 1 aliphatic carbocycles. The van der Waals surface area contributed by atoms with Crippen LogP contribution in [-0.2, 0) is 44.7 Å². The minimum atomic E-state index is -1.28. The summed E-state index contributed by atoms with van der Waals surface area (Å²) in [5, 5.41) is 5.24. The molecule has 2 atom stereocenters. The number of esters is 3. The van der Waals surface area contributed by atoms with E-state index >= 15 is 0 Å². The maximum atomic E-state index is 13.3. The molecule has 0 bridgehead atoms. The molecule has 2 unspecified atom stereocenters. The van der Waals surface area contributed by atoms with E-state index in [9.17, 15) is 24.0 Å². The number of benzene rings is 3. The van der Waals surface area contributed by atoms with Gasteiger partial charge in [-0.3, -0.25) is 19.2 Å². The normalized spacial score (nSPS) is 13.1. The Morgan fingerprint density at radius 1 is 0.683 bits per heavy atom. The summed E-state index contributed by atoms with van der Waals surface area (Å²) in [6.07, 6.45) is 12.0. The third-order valence-corrected chi connectivity index (χ3v) is 10.2. The zero-order chi connectivity index (χ0) is 43.2. The topological polar surface area (TPSA) is 146 Å². The van der Waals surface area contributed by atoms with E-state index in [0.29, 0.717) is 6.42 Å². The standard InChI is InChI=1S/C49H64N2O9/c1-5-6-7-8-9-10-11-12-16-25-37(32-45(53)57-34-36-23-14-13-15-24-36)59-44(52)30-21-22-31-50-47(55)43(33-46(54)60-49(2,3)4)51-48(56)58-35-42-40-28-19-17-26-38(40)39-27-18-20-29-41(39)42/h13-15,17-24,26-29,37,42-43H,5-12,16,25,30-35H2,1-4H3,(H,50,55)(H,51,56)/b22-21+. The van der Waals surface area contributed by atoms with E-state index in [2.05, 4.69) is 17.6 Å². The molecule has 3 aromatic rings. The van der Waals surface area contributed by atoms with Gasteiger partial charge in [0.05, 0.1) is 19.3 Å². The van der Waals surface area contributed by atoms with Crippen molar-refractivity contribution in [3.05, 3.63) is 108 Å². The summed E-state index contributed by atoms with van der Waals surface area (Å²) in [5.41, 5.74) is 4.33. The first-order valence-corrected chi connectivity index (χ1v) is 21.6. The van der Waals surface area contributed by atoms with Crippen LogP contribution in [-0.4, -0.2) is 60.8 Å². The maximum absolute atomic E-state index is 13.3. The molecule has 4 rings (SSSR count). The number of fused-ring (bicyclic) bond motifs is 3. The highest BCUT2D eigenvalue weighted by Crippen LogP contribution is 2.44. The van der Waals surface area contributed by atoms with Gasteiger partial charge in [-0.2, -0.15) is 0 Å². The Balaban J connectivity index is 1.26. The molecule has 0 fully saturated rings. The fourth-order valence-corrected chi connectivity index (χ4v) is 7.19. The Labute approximate surface area is 356 Å². The van der Waals surface area contributed by atoms with Gasteiger partial charge in [-0.05, 0) is 61.4 Å². The van der Waals surface area contributed by atoms with Crippen molar-refractivity contribution in [3.8, 4) is 11.1 Å². The molecule has 3 aromatic carbocycles. The molecule has 0 heterocycles. The van der Waals surface area contributed by atoms with Crippen molar-refractivity contribution < 1.29 is 42.9 Å². The summed E-state index contributed by atoms with van der Waals surface area (Å²) in [5.74, 6) is -2.42. The van der Waals surface area contributed by atoms with Crippen molar-refractivity contribution in [1.82, 2.24) is 10.6 Å². The number of ether oxygens (including phenoxy) is 4. The van der Waals surface area contributed by atoms with Gasteiger partial charge in [0.15, 0.2) is 0 Å². The molecule has 1 aliphatic rings. The van der Waals surface area contributed by atoms with E-state index in [0.717, 1.165) is 47.1 Å². The van der Waals surface area contributed by atoms with Gasteiger partial charge in [-0.25, -0.2) is 4.79 Å². The Bertz CT molecular complexity index is 1810. The lowest BCUT2D eigenvalue weighted by Gasteiger charge is -2.22. The first-order valence-electron chi connectivity index (χ1n) is 21.6. The second-order valence-electron chi connectivity index (χ2n) is 16.3. The van der Waals surface area contributed by atoms with Crippen LogP contribution in [0.2, 0.25) is 0 Å². The number of amides is 2. The highest BCUT2D eigenvalue weighted by atomic mass is 16.6. The summed E-state index contributed by atoms with van der Waals surface area (Å²) in [6, 6.07) is 24.0. The molecule has 0 aliphatic heterocycles. The van der Waals surface area contributed by atoms with Crippen LogP contribution in [0.4, 0.5) is 4.79 Å². The molecule has 11 nitrogen and oxygen atoms in total. The van der Waals surface area contributed by atoms with Crippen molar-refractivity contribution in [2.24, 2.45) is 0 Å². The number of carbonyl (C=O) groups excluding carboxylic acids is 5. The fraction of sp³-hybridized carbons (Fsp3) is 0.490. The van der Waals surface area contributed by atoms with Gasteiger partial charge < -0.3 is 29.6 Å². The quantitative estimate of drug-likeness (QED) is 0.0369. The van der Waals surface area contributed by atoms with Crippen molar-refractivity contribution in [2.75, 3.05) is 13.2 Å². The summed E-state index contributed by atoms with van der Waals surface area (Å²) < 4.78 is 22.3. The molecule has 0 saturated carbocycles. The zero-order valence-electron chi connectivity index (χ0n) is 35.9. The van der Waals surface area contributed by atoms with Crippen LogP contribution < -0.4 is 10.6 Å². The number of unbranched alkanes of at least 4 members (excludes halogenated alkanes) is 8. The molecule has 2 amide bonds. The van der Waals surface area contributed by atoms with Gasteiger partial charge in [0, 0.05) is 12.5 Å². The molecule has 0 radical (unpaired) electrons. The predicted octanol–water partition coefficient (Wildman–Crippen LogP) is 9.65. The third-order valence-electron chi connectivity index (χ3n) is 10.2. The third kappa shape index (κ3) is 17.0. The Morgan fingerprint density at radius 3 is 1.92 bits per heavy atom. The van der Waals surface area contributed by atoms with E-state index in [4.69, 9.17) is 18.9 Å². The van der Waals surface area contributed by atoms with Crippen molar-refractivity contribution in [3.63, 3.8) is 0 Å². The second kappa shape index (κ2) is 25.2. The Hall–Kier alpha value is -5.45. The van der Waals surface area contributed by atoms with Gasteiger partial charge >= 0.3 is 24.0 Å². The molecular weight excluding hydrogens is 761 g/mol. The zero-order valence-corrected chi connectivity index (χ0v) is 35.9. The minimum Gasteiger partial charge on any atom is -0.462 e. The van der Waals surface area contributed by atoms with Crippen LogP contribution in [0.25, 0.3) is 11.1 Å². The predicted molar refractivity (Wildman–Crippen MR) is 232 cm³/mol. The van der Waals surface area contributed by atoms with E-state index in [-0.39, 0.29) is 38.5 Å². The van der Waals surface area contributed by atoms with Crippen LogP contribution in [0.5, 0.6) is 0 Å². The number of alkyl carbamates (subject to hydrolysis) is 1. The van der Waals surface area contributed by atoms with Crippen molar-refractivity contribution >= 4 is 29.9 Å². The molecule has 2 N–H and O–H groups in total. The number of nitrogens with one attached hydrogen (secondary N) is 2. The van der Waals surface area contributed by atoms with E-state index < -0.39 is 54.1 Å². The monoisotopic (exact) mass is 824 g/mol. The highest BCUT2D eigenvalue weighted by Gasteiger charge is 2.31. The van der Waals surface area contributed by atoms with E-state index in [1.165, 1.54) is 38.5 Å². The molecule has 60 heavy (non-hydrogen) atoms. The number of hydrogen-bond acceptors (Lipinski definition) is 9. The second-order valence-corrected chi connectivity index (χ2v) is 16.3. The Kier molecular flexibility index (Phi) is 19.9. The average molecular weight is 825 g/mol. The summed E-state index contributed by atoms with van der Waals surface area (Å²) >= 11 is 0. The highest BCUT2D eigenvalue weighted by molar-refractivity contribution is 5.90. The van der Waals surface area contributed by atoms with E-state index in [1.54, 1.807) is 32.9 Å². The van der Waals surface area contributed by atoms with Crippen LogP contribution in [0.3, 0.4) is 0 Å². The molecule has 0 spiro atoms. The largest absolute Gasteiger partial charge is 0.462 e. The van der Waals surface area contributed by atoms with Gasteiger partial charge in [0.25, 0.3) is 0 Å². The molecule has 0 saturated heterocycles. The number of carbonyl (C=O) groups is 5. The SMILES string of the molecule is CCCCCCCCCCCC(CC(=O)OCc1ccccc1)OC(=O)C/C=C/CNC(=O)C(CC(=O)OC(C)(C)C)NC(=O)OCC1c2ccccc2-c2ccccc21. The lowest BCUT2D eigenvalue weighted by atomic mass is 9.98. The first-order chi connectivity index (χ1) is 28.9. The molecule has 324 valence electrons. The van der Waals surface area contributed by atoms with Crippen LogP contribution in [0.1, 0.15) is 134 Å². The summed E-state index contributed by atoms with van der Waals surface area (Å²) in [7, 11) is 0. The smallest absolute Gasteiger partial charge is 0.407 e. The van der Waals surface area contributed by atoms with Crippen LogP contribution in [0.15, 0.2) is 91.0 Å². The summed E-state index contributed by atoms with van der Waals surface area (Å²) in [4.78, 5) is 64.9. The van der Waals surface area contributed by atoms with Crippen molar-refractivity contribution in [2.45, 2.75) is 141 Å². The molecule has 11 heteroatoms. The average Bonchev–Trinajstić information content (AvgIpc) is 3.54. The van der Waals surface area contributed by atoms with E-state index in [1.807, 2.05) is 78.9 Å².